The minimum Gasteiger partial charge on any atom is -0.330 e. The first-order valence-corrected chi connectivity index (χ1v) is 6.52. The molecule has 5 N–H and O–H groups in total. The molecule has 0 bridgehead atoms. The van der Waals surface area contributed by atoms with Crippen LogP contribution in [0.15, 0.2) is 29.1 Å². The number of aromatic amines is 1. The summed E-state index contributed by atoms with van der Waals surface area (Å²) in [5, 5.41) is 6.30. The molecule has 1 atom stereocenters. The summed E-state index contributed by atoms with van der Waals surface area (Å²) < 4.78 is 14.6. The Hall–Kier alpha value is -1.99. The van der Waals surface area contributed by atoms with E-state index in [1.165, 1.54) is 22.8 Å². The Kier molecular flexibility index (Phi) is 4.65. The van der Waals surface area contributed by atoms with Crippen molar-refractivity contribution >= 4 is 0 Å². The maximum absolute atomic E-state index is 13.3. The zero-order chi connectivity index (χ0) is 14.5. The van der Waals surface area contributed by atoms with Crippen LogP contribution in [-0.4, -0.2) is 21.3 Å². The third kappa shape index (κ3) is 3.12. The predicted molar refractivity (Wildman–Crippen MR) is 74.0 cm³/mol. The van der Waals surface area contributed by atoms with Crippen LogP contribution >= 0.6 is 0 Å². The lowest BCUT2D eigenvalue weighted by Gasteiger charge is -2.12. The molecule has 1 heterocycles. The number of unbranched alkanes of at least 4 members (excludes halogenated alkanes) is 1. The summed E-state index contributed by atoms with van der Waals surface area (Å²) in [5.74, 6) is -0.0177. The number of hydrogen-bond donors (Lipinski definition) is 3. The van der Waals surface area contributed by atoms with E-state index in [1.54, 1.807) is 6.07 Å². The molecule has 0 aliphatic heterocycles. The van der Waals surface area contributed by atoms with Crippen molar-refractivity contribution in [1.82, 2.24) is 14.8 Å². The highest BCUT2D eigenvalue weighted by atomic mass is 19.1. The second kappa shape index (κ2) is 6.44. The van der Waals surface area contributed by atoms with Crippen molar-refractivity contribution in [2.45, 2.75) is 25.3 Å². The third-order valence-electron chi connectivity index (χ3n) is 3.07. The van der Waals surface area contributed by atoms with Crippen LogP contribution in [0.3, 0.4) is 0 Å². The van der Waals surface area contributed by atoms with Crippen molar-refractivity contribution in [2.75, 3.05) is 6.54 Å². The summed E-state index contributed by atoms with van der Waals surface area (Å²) in [5.41, 5.74) is 11.5. The topological polar surface area (TPSA) is 103 Å². The highest BCUT2D eigenvalue weighted by molar-refractivity contribution is 5.33. The highest BCUT2D eigenvalue weighted by Gasteiger charge is 2.17. The van der Waals surface area contributed by atoms with E-state index in [1.807, 2.05) is 0 Å². The SMILES string of the molecule is NCCCCC(N)c1n[nH]c(=O)n1-c1cccc(F)c1. The van der Waals surface area contributed by atoms with Crippen molar-refractivity contribution in [3.05, 3.63) is 46.4 Å². The number of nitrogens with two attached hydrogens (primary N) is 2. The summed E-state index contributed by atoms with van der Waals surface area (Å²) in [6, 6.07) is 5.36. The molecule has 7 heteroatoms. The van der Waals surface area contributed by atoms with Gasteiger partial charge in [0.05, 0.1) is 11.7 Å². The monoisotopic (exact) mass is 279 g/mol. The maximum Gasteiger partial charge on any atom is 0.347 e. The van der Waals surface area contributed by atoms with Crippen LogP contribution in [0.5, 0.6) is 0 Å². The van der Waals surface area contributed by atoms with Gasteiger partial charge < -0.3 is 11.5 Å². The lowest BCUT2D eigenvalue weighted by Crippen LogP contribution is -2.22. The molecular weight excluding hydrogens is 261 g/mol. The molecule has 0 spiro atoms. The average Bonchev–Trinajstić information content (AvgIpc) is 2.81. The van der Waals surface area contributed by atoms with Gasteiger partial charge in [0.2, 0.25) is 0 Å². The molecule has 0 radical (unpaired) electrons. The summed E-state index contributed by atoms with van der Waals surface area (Å²) in [6.07, 6.45) is 2.38. The van der Waals surface area contributed by atoms with E-state index in [2.05, 4.69) is 10.2 Å². The minimum absolute atomic E-state index is 0.399. The van der Waals surface area contributed by atoms with Crippen LogP contribution in [0.2, 0.25) is 0 Å². The zero-order valence-corrected chi connectivity index (χ0v) is 11.1. The predicted octanol–water partition coefficient (Wildman–Crippen LogP) is 0.829. The normalized spacial score (nSPS) is 12.6. The molecule has 0 saturated heterocycles. The number of benzene rings is 1. The van der Waals surface area contributed by atoms with E-state index in [0.717, 1.165) is 12.8 Å². The Morgan fingerprint density at radius 3 is 2.90 bits per heavy atom. The van der Waals surface area contributed by atoms with Gasteiger partial charge in [0, 0.05) is 0 Å². The second-order valence-corrected chi connectivity index (χ2v) is 4.59. The standard InChI is InChI=1S/C13H18FN5O/c14-9-4-3-5-10(8-9)19-12(17-18-13(19)20)11(16)6-1-2-7-15/h3-5,8,11H,1-2,6-7,15-16H2,(H,18,20). The molecule has 6 nitrogen and oxygen atoms in total. The first-order chi connectivity index (χ1) is 9.63. The Bertz CT molecular complexity index is 621. The van der Waals surface area contributed by atoms with Gasteiger partial charge in [0.15, 0.2) is 5.82 Å². The van der Waals surface area contributed by atoms with Crippen molar-refractivity contribution in [3.63, 3.8) is 0 Å². The maximum atomic E-state index is 13.3. The molecular formula is C13H18FN5O. The van der Waals surface area contributed by atoms with Gasteiger partial charge in [0.1, 0.15) is 5.82 Å². The molecule has 1 unspecified atom stereocenters. The first kappa shape index (κ1) is 14.4. The molecule has 0 aliphatic rings. The van der Waals surface area contributed by atoms with Gasteiger partial charge >= 0.3 is 5.69 Å². The molecule has 1 aromatic heterocycles. The Balaban J connectivity index is 2.30. The number of nitrogens with zero attached hydrogens (tertiary/aromatic N) is 2. The number of rotatable bonds is 6. The quantitative estimate of drug-likeness (QED) is 0.681. The van der Waals surface area contributed by atoms with Crippen LogP contribution in [-0.2, 0) is 0 Å². The van der Waals surface area contributed by atoms with Crippen molar-refractivity contribution in [2.24, 2.45) is 11.5 Å². The summed E-state index contributed by atoms with van der Waals surface area (Å²) in [7, 11) is 0. The third-order valence-corrected chi connectivity index (χ3v) is 3.07. The van der Waals surface area contributed by atoms with Crippen molar-refractivity contribution in [1.29, 1.82) is 0 Å². The molecule has 2 rings (SSSR count). The zero-order valence-electron chi connectivity index (χ0n) is 11.1. The molecule has 1 aromatic carbocycles. The summed E-state index contributed by atoms with van der Waals surface area (Å²) in [4.78, 5) is 11.8. The van der Waals surface area contributed by atoms with Gasteiger partial charge in [-0.1, -0.05) is 12.5 Å². The van der Waals surface area contributed by atoms with Crippen LogP contribution in [0, 0.1) is 5.82 Å². The van der Waals surface area contributed by atoms with Crippen LogP contribution in [0.1, 0.15) is 31.1 Å². The van der Waals surface area contributed by atoms with Crippen molar-refractivity contribution in [3.8, 4) is 5.69 Å². The lowest BCUT2D eigenvalue weighted by atomic mass is 10.1. The fourth-order valence-electron chi connectivity index (χ4n) is 2.06. The lowest BCUT2D eigenvalue weighted by molar-refractivity contribution is 0.556. The Labute approximate surface area is 115 Å². The first-order valence-electron chi connectivity index (χ1n) is 6.52. The fraction of sp³-hybridized carbons (Fsp3) is 0.385. The van der Waals surface area contributed by atoms with E-state index in [-0.39, 0.29) is 0 Å². The van der Waals surface area contributed by atoms with Crippen molar-refractivity contribution < 1.29 is 4.39 Å². The average molecular weight is 279 g/mol. The summed E-state index contributed by atoms with van der Waals surface area (Å²) in [6.45, 7) is 0.601. The van der Waals surface area contributed by atoms with Gasteiger partial charge in [0.25, 0.3) is 0 Å². The smallest absolute Gasteiger partial charge is 0.330 e. The van der Waals surface area contributed by atoms with Gasteiger partial charge in [-0.3, -0.25) is 0 Å². The van der Waals surface area contributed by atoms with E-state index >= 15 is 0 Å². The Morgan fingerprint density at radius 2 is 2.20 bits per heavy atom. The van der Waals surface area contributed by atoms with Gasteiger partial charge in [-0.2, -0.15) is 5.10 Å². The number of nitrogens with one attached hydrogen (secondary N) is 1. The molecule has 0 aliphatic carbocycles. The van der Waals surface area contributed by atoms with Gasteiger partial charge in [-0.25, -0.2) is 18.9 Å². The summed E-state index contributed by atoms with van der Waals surface area (Å²) >= 11 is 0. The molecule has 108 valence electrons. The number of aromatic nitrogens is 3. The number of H-pyrrole nitrogens is 1. The van der Waals surface area contributed by atoms with Gasteiger partial charge in [-0.05, 0) is 37.6 Å². The molecule has 0 fully saturated rings. The van der Waals surface area contributed by atoms with Gasteiger partial charge in [-0.15, -0.1) is 0 Å². The van der Waals surface area contributed by atoms with E-state index in [0.29, 0.717) is 24.5 Å². The minimum atomic E-state index is -0.431. The fourth-order valence-corrected chi connectivity index (χ4v) is 2.06. The second-order valence-electron chi connectivity index (χ2n) is 4.59. The van der Waals surface area contributed by atoms with Crippen LogP contribution in [0.4, 0.5) is 4.39 Å². The van der Waals surface area contributed by atoms with Crippen LogP contribution in [0.25, 0.3) is 5.69 Å². The number of hydrogen-bond acceptors (Lipinski definition) is 4. The van der Waals surface area contributed by atoms with E-state index < -0.39 is 17.5 Å². The van der Waals surface area contributed by atoms with E-state index in [4.69, 9.17) is 11.5 Å². The highest BCUT2D eigenvalue weighted by Crippen LogP contribution is 2.17. The Morgan fingerprint density at radius 1 is 1.40 bits per heavy atom. The largest absolute Gasteiger partial charge is 0.347 e. The van der Waals surface area contributed by atoms with E-state index in [9.17, 15) is 9.18 Å². The molecule has 0 saturated carbocycles. The molecule has 20 heavy (non-hydrogen) atoms. The van der Waals surface area contributed by atoms with Crippen LogP contribution < -0.4 is 17.2 Å². The molecule has 2 aromatic rings. The molecule has 0 amide bonds. The number of halogens is 1.